The predicted molar refractivity (Wildman–Crippen MR) is 116 cm³/mol. The zero-order valence-corrected chi connectivity index (χ0v) is 17.1. The number of amides is 2. The van der Waals surface area contributed by atoms with E-state index in [9.17, 15) is 9.59 Å². The summed E-state index contributed by atoms with van der Waals surface area (Å²) in [5.74, 6) is -0.871. The molecule has 2 bridgehead atoms. The summed E-state index contributed by atoms with van der Waals surface area (Å²) < 4.78 is 0. The lowest BCUT2D eigenvalue weighted by molar-refractivity contribution is -0.123. The average Bonchev–Trinajstić information content (AvgIpc) is 3.05. The van der Waals surface area contributed by atoms with E-state index in [-0.39, 0.29) is 29.6 Å². The van der Waals surface area contributed by atoms with E-state index >= 15 is 0 Å². The third kappa shape index (κ3) is 1.91. The first-order valence-electron chi connectivity index (χ1n) is 10.7. The summed E-state index contributed by atoms with van der Waals surface area (Å²) in [5.41, 5.74) is 6.16. The molecule has 0 spiro atoms. The second-order valence-corrected chi connectivity index (χ2v) is 8.83. The molecule has 3 aromatic rings. The summed E-state index contributed by atoms with van der Waals surface area (Å²) in [5, 5.41) is 0. The summed E-state index contributed by atoms with van der Waals surface area (Å²) in [7, 11) is 0. The van der Waals surface area contributed by atoms with Crippen LogP contribution in [0.15, 0.2) is 72.8 Å². The zero-order chi connectivity index (χ0) is 20.6. The fourth-order valence-electron chi connectivity index (χ4n) is 6.55. The number of benzene rings is 3. The van der Waals surface area contributed by atoms with E-state index in [1.807, 2.05) is 31.2 Å². The lowest BCUT2D eigenvalue weighted by Crippen LogP contribution is -2.53. The summed E-state index contributed by atoms with van der Waals surface area (Å²) in [6.07, 6.45) is 0.787. The van der Waals surface area contributed by atoms with Gasteiger partial charge in [-0.1, -0.05) is 67.6 Å². The minimum atomic E-state index is -0.460. The molecule has 4 aliphatic rings. The van der Waals surface area contributed by atoms with Crippen molar-refractivity contribution in [2.24, 2.45) is 11.8 Å². The van der Waals surface area contributed by atoms with E-state index in [1.165, 1.54) is 27.2 Å². The van der Waals surface area contributed by atoms with Gasteiger partial charge in [-0.25, -0.2) is 4.90 Å². The molecule has 3 aromatic carbocycles. The molecule has 1 saturated heterocycles. The third-order valence-electron chi connectivity index (χ3n) is 7.61. The lowest BCUT2D eigenvalue weighted by Gasteiger charge is -2.54. The first kappa shape index (κ1) is 17.6. The fourth-order valence-corrected chi connectivity index (χ4v) is 6.55. The van der Waals surface area contributed by atoms with E-state index in [4.69, 9.17) is 0 Å². The molecule has 2 atom stereocenters. The van der Waals surface area contributed by atoms with Crippen LogP contribution >= 0.6 is 0 Å². The Labute approximate surface area is 176 Å². The highest BCUT2D eigenvalue weighted by Crippen LogP contribution is 2.65. The molecule has 7 rings (SSSR count). The number of nitrogens with zero attached hydrogens (tertiary/aromatic N) is 1. The number of carbonyl (C=O) groups excluding carboxylic acids is 2. The number of rotatable bonds is 2. The van der Waals surface area contributed by atoms with Gasteiger partial charge in [-0.2, -0.15) is 0 Å². The van der Waals surface area contributed by atoms with Crippen LogP contribution in [0, 0.1) is 18.8 Å². The van der Waals surface area contributed by atoms with Crippen LogP contribution in [0.3, 0.4) is 0 Å². The van der Waals surface area contributed by atoms with Crippen LogP contribution in [0.1, 0.15) is 47.1 Å². The number of imide groups is 1. The molecule has 0 saturated carbocycles. The van der Waals surface area contributed by atoms with Crippen molar-refractivity contribution in [1.82, 2.24) is 0 Å². The molecule has 1 fully saturated rings. The highest BCUT2D eigenvalue weighted by atomic mass is 16.2. The summed E-state index contributed by atoms with van der Waals surface area (Å²) in [6, 6.07) is 24.6. The largest absolute Gasteiger partial charge is 0.274 e. The smallest absolute Gasteiger partial charge is 0.238 e. The van der Waals surface area contributed by atoms with E-state index in [0.717, 1.165) is 12.0 Å². The van der Waals surface area contributed by atoms with Crippen LogP contribution in [0.5, 0.6) is 0 Å². The molecule has 30 heavy (non-hydrogen) atoms. The standard InChI is InChI=1S/C27H23NO2/c1-3-27-20-13-6-4-11-18(20)22(19-12-5-7-14-21(19)27)23-24(27)26(30)28(25(23)29)17-10-8-9-16(2)15-17/h4-15,22-24H,3H2,1-2H3/t22?,23-,24+,27?/m1/s1. The van der Waals surface area contributed by atoms with Crippen LogP contribution in [0.25, 0.3) is 0 Å². The third-order valence-corrected chi connectivity index (χ3v) is 7.61. The van der Waals surface area contributed by atoms with Gasteiger partial charge < -0.3 is 0 Å². The van der Waals surface area contributed by atoms with Crippen molar-refractivity contribution in [3.8, 4) is 0 Å². The lowest BCUT2D eigenvalue weighted by atomic mass is 9.46. The monoisotopic (exact) mass is 393 g/mol. The Bertz CT molecular complexity index is 1180. The fraction of sp³-hybridized carbons (Fsp3) is 0.259. The molecule has 2 amide bonds. The number of aryl methyl sites for hydroxylation is 1. The Morgan fingerprint density at radius 2 is 1.47 bits per heavy atom. The number of anilines is 1. The topological polar surface area (TPSA) is 37.4 Å². The van der Waals surface area contributed by atoms with Crippen molar-refractivity contribution >= 4 is 17.5 Å². The molecule has 1 aliphatic heterocycles. The Kier molecular flexibility index (Phi) is 3.48. The molecule has 148 valence electrons. The highest BCUT2D eigenvalue weighted by molar-refractivity contribution is 6.23. The zero-order valence-electron chi connectivity index (χ0n) is 17.1. The second kappa shape index (κ2) is 5.91. The SMILES string of the molecule is CCC12c3ccccc3C(c3ccccc31)[C@H]1C(=O)N(c3cccc(C)c3)C(=O)[C@H]12. The molecule has 3 aliphatic carbocycles. The van der Waals surface area contributed by atoms with E-state index in [1.54, 1.807) is 0 Å². The van der Waals surface area contributed by atoms with Gasteiger partial charge in [-0.05, 0) is 53.3 Å². The first-order valence-corrected chi connectivity index (χ1v) is 10.7. The minimum Gasteiger partial charge on any atom is -0.274 e. The Morgan fingerprint density at radius 1 is 0.833 bits per heavy atom. The van der Waals surface area contributed by atoms with Gasteiger partial charge in [0.2, 0.25) is 11.8 Å². The molecule has 0 unspecified atom stereocenters. The Hall–Kier alpha value is -3.20. The van der Waals surface area contributed by atoms with E-state index in [0.29, 0.717) is 5.69 Å². The van der Waals surface area contributed by atoms with Gasteiger partial charge in [0.15, 0.2) is 0 Å². The summed E-state index contributed by atoms with van der Waals surface area (Å²) in [6.45, 7) is 4.15. The molecule has 0 N–H and O–H groups in total. The maximum atomic E-state index is 13.9. The van der Waals surface area contributed by atoms with Crippen molar-refractivity contribution in [2.75, 3.05) is 4.90 Å². The van der Waals surface area contributed by atoms with Gasteiger partial charge in [0.05, 0.1) is 17.5 Å². The number of hydrogen-bond donors (Lipinski definition) is 0. The molecule has 0 aromatic heterocycles. The Morgan fingerprint density at radius 3 is 2.07 bits per heavy atom. The first-order chi connectivity index (χ1) is 14.6. The van der Waals surface area contributed by atoms with Crippen molar-refractivity contribution in [3.63, 3.8) is 0 Å². The Balaban J connectivity index is 1.65. The van der Waals surface area contributed by atoms with Crippen molar-refractivity contribution in [3.05, 3.63) is 101 Å². The van der Waals surface area contributed by atoms with Gasteiger partial charge in [0, 0.05) is 11.3 Å². The number of hydrogen-bond acceptors (Lipinski definition) is 2. The maximum Gasteiger partial charge on any atom is 0.238 e. The van der Waals surface area contributed by atoms with E-state index < -0.39 is 5.41 Å². The molecular weight excluding hydrogens is 370 g/mol. The van der Waals surface area contributed by atoms with Gasteiger partial charge in [0.1, 0.15) is 0 Å². The highest BCUT2D eigenvalue weighted by Gasteiger charge is 2.67. The quantitative estimate of drug-likeness (QED) is 0.578. The molecule has 3 heteroatoms. The van der Waals surface area contributed by atoms with Crippen LogP contribution in [0.2, 0.25) is 0 Å². The van der Waals surface area contributed by atoms with Gasteiger partial charge in [-0.3, -0.25) is 9.59 Å². The van der Waals surface area contributed by atoms with Crippen molar-refractivity contribution in [2.45, 2.75) is 31.6 Å². The average molecular weight is 393 g/mol. The molecule has 1 heterocycles. The molecule has 3 nitrogen and oxygen atoms in total. The van der Waals surface area contributed by atoms with Gasteiger partial charge in [-0.15, -0.1) is 0 Å². The van der Waals surface area contributed by atoms with Crippen molar-refractivity contribution < 1.29 is 9.59 Å². The van der Waals surface area contributed by atoms with Crippen molar-refractivity contribution in [1.29, 1.82) is 0 Å². The van der Waals surface area contributed by atoms with Crippen LogP contribution in [-0.2, 0) is 15.0 Å². The molecular formula is C27H23NO2. The minimum absolute atomic E-state index is 0.0496. The predicted octanol–water partition coefficient (Wildman–Crippen LogP) is 4.96. The maximum absolute atomic E-state index is 13.9. The van der Waals surface area contributed by atoms with E-state index in [2.05, 4.69) is 55.5 Å². The number of carbonyl (C=O) groups is 2. The van der Waals surface area contributed by atoms with Gasteiger partial charge in [0.25, 0.3) is 0 Å². The normalized spacial score (nSPS) is 28.3. The van der Waals surface area contributed by atoms with Crippen LogP contribution in [0.4, 0.5) is 5.69 Å². The summed E-state index contributed by atoms with van der Waals surface area (Å²) >= 11 is 0. The second-order valence-electron chi connectivity index (χ2n) is 8.83. The summed E-state index contributed by atoms with van der Waals surface area (Å²) in [4.78, 5) is 29.2. The van der Waals surface area contributed by atoms with Gasteiger partial charge >= 0.3 is 0 Å². The molecule has 0 radical (unpaired) electrons. The van der Waals surface area contributed by atoms with Crippen LogP contribution < -0.4 is 4.90 Å². The van der Waals surface area contributed by atoms with Crippen LogP contribution in [-0.4, -0.2) is 11.8 Å².